The number of benzene rings is 1. The summed E-state index contributed by atoms with van der Waals surface area (Å²) in [5, 5.41) is 15.2. The zero-order valence-electron chi connectivity index (χ0n) is 15.0. The van der Waals surface area contributed by atoms with Crippen LogP contribution in [0.25, 0.3) is 0 Å². The Balaban J connectivity index is 0.000000370. The number of nitrogens with two attached hydrogens (primary N) is 1. The molecule has 1 fully saturated rings. The molecule has 3 N–H and O–H groups in total. The van der Waals surface area contributed by atoms with E-state index in [9.17, 15) is 17.6 Å². The predicted octanol–water partition coefficient (Wildman–Crippen LogP) is 4.06. The first kappa shape index (κ1) is 22.9. The summed E-state index contributed by atoms with van der Waals surface area (Å²) in [6, 6.07) is 4.53. The van der Waals surface area contributed by atoms with Crippen LogP contribution in [0.2, 0.25) is 5.02 Å². The minimum absolute atomic E-state index is 0.0583. The number of rotatable bonds is 4. The average Bonchev–Trinajstić information content (AvgIpc) is 3.12. The molecule has 29 heavy (non-hydrogen) atoms. The van der Waals surface area contributed by atoms with E-state index in [-0.39, 0.29) is 23.6 Å². The van der Waals surface area contributed by atoms with Crippen molar-refractivity contribution in [1.82, 2.24) is 10.2 Å². The lowest BCUT2D eigenvalue weighted by molar-refractivity contribution is -0.192. The predicted molar refractivity (Wildman–Crippen MR) is 92.9 cm³/mol. The smallest absolute Gasteiger partial charge is 0.484 e. The molecule has 0 amide bonds. The van der Waals surface area contributed by atoms with Crippen molar-refractivity contribution in [2.24, 2.45) is 5.73 Å². The number of ether oxygens (including phenoxy) is 1. The Labute approximate surface area is 167 Å². The van der Waals surface area contributed by atoms with Gasteiger partial charge in [0, 0.05) is 18.0 Å². The van der Waals surface area contributed by atoms with Crippen molar-refractivity contribution in [3.05, 3.63) is 40.8 Å². The van der Waals surface area contributed by atoms with Gasteiger partial charge in [0.15, 0.2) is 6.61 Å². The van der Waals surface area contributed by atoms with Crippen LogP contribution in [0, 0.1) is 5.82 Å². The third-order valence-electron chi connectivity index (χ3n) is 4.10. The molecule has 1 aliphatic rings. The molecular formula is C17H18ClF4N3O4. The van der Waals surface area contributed by atoms with Crippen molar-refractivity contribution in [3.63, 3.8) is 0 Å². The molecule has 0 spiro atoms. The summed E-state index contributed by atoms with van der Waals surface area (Å²) in [6.07, 6.45) is -1.20. The number of aliphatic carboxylic acids is 1. The minimum Gasteiger partial charge on any atom is -0.484 e. The van der Waals surface area contributed by atoms with Gasteiger partial charge < -0.3 is 20.0 Å². The van der Waals surface area contributed by atoms with E-state index in [4.69, 9.17) is 36.4 Å². The van der Waals surface area contributed by atoms with Crippen molar-refractivity contribution in [1.29, 1.82) is 0 Å². The highest BCUT2D eigenvalue weighted by Crippen LogP contribution is 2.31. The summed E-state index contributed by atoms with van der Waals surface area (Å²) < 4.78 is 56.1. The first-order valence-electron chi connectivity index (χ1n) is 8.52. The second-order valence-electron chi connectivity index (χ2n) is 6.31. The molecule has 1 heterocycles. The van der Waals surface area contributed by atoms with Crippen LogP contribution in [0.4, 0.5) is 17.6 Å². The van der Waals surface area contributed by atoms with Gasteiger partial charge in [-0.15, -0.1) is 10.2 Å². The number of carboxylic acids is 1. The Morgan fingerprint density at radius 1 is 1.28 bits per heavy atom. The van der Waals surface area contributed by atoms with Gasteiger partial charge in [0.1, 0.15) is 11.6 Å². The number of hydrogen-bond donors (Lipinski definition) is 2. The molecule has 1 aromatic heterocycles. The topological polar surface area (TPSA) is 111 Å². The third kappa shape index (κ3) is 7.17. The monoisotopic (exact) mass is 439 g/mol. The molecule has 0 unspecified atom stereocenters. The van der Waals surface area contributed by atoms with Gasteiger partial charge in [-0.25, -0.2) is 9.18 Å². The maximum absolute atomic E-state index is 13.3. The van der Waals surface area contributed by atoms with Crippen LogP contribution in [0.5, 0.6) is 5.75 Å². The van der Waals surface area contributed by atoms with Gasteiger partial charge in [-0.3, -0.25) is 0 Å². The van der Waals surface area contributed by atoms with E-state index in [1.807, 2.05) is 0 Å². The Hall–Kier alpha value is -2.40. The van der Waals surface area contributed by atoms with E-state index >= 15 is 0 Å². The summed E-state index contributed by atoms with van der Waals surface area (Å²) >= 11 is 5.62. The molecular weight excluding hydrogens is 422 g/mol. The quantitative estimate of drug-likeness (QED) is 0.691. The van der Waals surface area contributed by atoms with Gasteiger partial charge in [0.25, 0.3) is 5.89 Å². The highest BCUT2D eigenvalue weighted by atomic mass is 35.5. The third-order valence-corrected chi connectivity index (χ3v) is 4.41. The highest BCUT2D eigenvalue weighted by molar-refractivity contribution is 6.30. The van der Waals surface area contributed by atoms with Gasteiger partial charge in [0.2, 0.25) is 5.89 Å². The van der Waals surface area contributed by atoms with E-state index in [0.29, 0.717) is 17.5 Å². The van der Waals surface area contributed by atoms with Crippen molar-refractivity contribution in [2.75, 3.05) is 0 Å². The molecule has 0 atom stereocenters. The Morgan fingerprint density at radius 2 is 1.90 bits per heavy atom. The Kier molecular flexibility index (Phi) is 7.80. The fourth-order valence-corrected chi connectivity index (χ4v) is 2.69. The molecule has 0 radical (unpaired) electrons. The zero-order valence-corrected chi connectivity index (χ0v) is 15.7. The Bertz CT molecular complexity index is 823. The fraction of sp³-hybridized carbons (Fsp3) is 0.471. The van der Waals surface area contributed by atoms with E-state index < -0.39 is 18.0 Å². The number of hydrogen-bond acceptors (Lipinski definition) is 6. The van der Waals surface area contributed by atoms with Gasteiger partial charge in [0.05, 0.1) is 5.02 Å². The number of nitrogens with zero attached hydrogens (tertiary/aromatic N) is 2. The normalized spacial score (nSPS) is 19.2. The van der Waals surface area contributed by atoms with Crippen molar-refractivity contribution in [2.45, 2.75) is 50.4 Å². The number of carboxylic acid groups (broad SMARTS) is 1. The second kappa shape index (κ2) is 9.88. The lowest BCUT2D eigenvalue weighted by atomic mass is 9.86. The Morgan fingerprint density at radius 3 is 2.45 bits per heavy atom. The number of alkyl halides is 3. The number of aromatic nitrogens is 2. The van der Waals surface area contributed by atoms with Crippen LogP contribution in [-0.2, 0) is 11.4 Å². The molecule has 7 nitrogen and oxygen atoms in total. The molecule has 0 saturated heterocycles. The first-order valence-corrected chi connectivity index (χ1v) is 8.90. The number of halogens is 5. The molecule has 1 aromatic carbocycles. The van der Waals surface area contributed by atoms with Crippen molar-refractivity contribution >= 4 is 17.6 Å². The zero-order chi connectivity index (χ0) is 21.6. The largest absolute Gasteiger partial charge is 0.490 e. The van der Waals surface area contributed by atoms with Crippen LogP contribution in [-0.4, -0.2) is 33.5 Å². The van der Waals surface area contributed by atoms with E-state index in [0.717, 1.165) is 25.7 Å². The summed E-state index contributed by atoms with van der Waals surface area (Å²) in [4.78, 5) is 8.90. The van der Waals surface area contributed by atoms with Crippen molar-refractivity contribution < 1.29 is 36.6 Å². The molecule has 160 valence electrons. The van der Waals surface area contributed by atoms with E-state index in [1.54, 1.807) is 6.07 Å². The van der Waals surface area contributed by atoms with Gasteiger partial charge in [-0.1, -0.05) is 11.6 Å². The summed E-state index contributed by atoms with van der Waals surface area (Å²) in [7, 11) is 0. The maximum atomic E-state index is 13.3. The molecule has 12 heteroatoms. The summed E-state index contributed by atoms with van der Waals surface area (Å²) in [5.74, 6) is -1.64. The summed E-state index contributed by atoms with van der Waals surface area (Å²) in [5.41, 5.74) is 5.89. The summed E-state index contributed by atoms with van der Waals surface area (Å²) in [6.45, 7) is 0.0975. The molecule has 3 rings (SSSR count). The van der Waals surface area contributed by atoms with E-state index in [2.05, 4.69) is 10.2 Å². The van der Waals surface area contributed by atoms with E-state index in [1.165, 1.54) is 12.1 Å². The lowest BCUT2D eigenvalue weighted by Gasteiger charge is -2.23. The molecule has 1 aliphatic carbocycles. The lowest BCUT2D eigenvalue weighted by Crippen LogP contribution is -2.25. The van der Waals surface area contributed by atoms with Crippen LogP contribution >= 0.6 is 11.6 Å². The standard InChI is InChI=1S/C15H17ClFN3O2.C2HF3O2/c16-12-6-5-11(7-13(12)17)21-8-14-19-20-15(22-14)9-1-3-10(18)4-2-9;3-2(4,5)1(6)7/h5-7,9-10H,1-4,8,18H2;(H,6,7)/t9-,10-;. The minimum atomic E-state index is -5.08. The van der Waals surface area contributed by atoms with Gasteiger partial charge in [-0.05, 0) is 37.8 Å². The average molecular weight is 440 g/mol. The molecule has 0 aliphatic heterocycles. The molecule has 0 bridgehead atoms. The highest BCUT2D eigenvalue weighted by Gasteiger charge is 2.38. The second-order valence-corrected chi connectivity index (χ2v) is 6.72. The number of carbonyl (C=O) groups is 1. The van der Waals surface area contributed by atoms with Crippen LogP contribution in [0.1, 0.15) is 43.4 Å². The van der Waals surface area contributed by atoms with Crippen LogP contribution in [0.3, 0.4) is 0 Å². The SMILES string of the molecule is N[C@H]1CC[C@H](c2nnc(COc3ccc(Cl)c(F)c3)o2)CC1.O=C(O)C(F)(F)F. The first-order chi connectivity index (χ1) is 13.6. The van der Waals surface area contributed by atoms with Gasteiger partial charge >= 0.3 is 12.1 Å². The molecule has 1 saturated carbocycles. The fourth-order valence-electron chi connectivity index (χ4n) is 2.57. The maximum Gasteiger partial charge on any atom is 0.490 e. The molecule has 2 aromatic rings. The van der Waals surface area contributed by atoms with Crippen molar-refractivity contribution in [3.8, 4) is 5.75 Å². The van der Waals surface area contributed by atoms with Crippen LogP contribution in [0.15, 0.2) is 22.6 Å². The van der Waals surface area contributed by atoms with Crippen LogP contribution < -0.4 is 10.5 Å². The van der Waals surface area contributed by atoms with Gasteiger partial charge in [-0.2, -0.15) is 13.2 Å².